The zero-order valence-electron chi connectivity index (χ0n) is 14.4. The molecule has 0 aliphatic carbocycles. The Labute approximate surface area is 146 Å². The average Bonchev–Trinajstić information content (AvgIpc) is 3.12. The van der Waals surface area contributed by atoms with E-state index in [1.807, 2.05) is 31.4 Å². The van der Waals surface area contributed by atoms with Crippen molar-refractivity contribution in [3.8, 4) is 11.5 Å². The highest BCUT2D eigenvalue weighted by Gasteiger charge is 2.27. The molecule has 1 aromatic heterocycles. The normalized spacial score (nSPS) is 13.2. The van der Waals surface area contributed by atoms with Crippen LogP contribution in [0.2, 0.25) is 0 Å². The zero-order chi connectivity index (χ0) is 17.7. The zero-order valence-corrected chi connectivity index (χ0v) is 15.2. The Morgan fingerprint density at radius 1 is 1.33 bits per heavy atom. The number of carbonyl (C=O) groups is 1. The topological polar surface area (TPSA) is 77.7 Å². The van der Waals surface area contributed by atoms with Gasteiger partial charge >= 0.3 is 0 Å². The third-order valence-corrected chi connectivity index (χ3v) is 4.71. The summed E-state index contributed by atoms with van der Waals surface area (Å²) in [6.45, 7) is 4.02. The van der Waals surface area contributed by atoms with Crippen LogP contribution in [-0.2, 0) is 11.3 Å². The van der Waals surface area contributed by atoms with Crippen LogP contribution in [0.15, 0.2) is 29.8 Å². The number of carbonyl (C=O) groups excluding carboxylic acids is 1. The first-order valence-corrected chi connectivity index (χ1v) is 8.53. The molecule has 2 unspecified atom stereocenters. The van der Waals surface area contributed by atoms with Gasteiger partial charge in [0.1, 0.15) is 11.5 Å². The molecule has 0 saturated carbocycles. The quantitative estimate of drug-likeness (QED) is 0.831. The van der Waals surface area contributed by atoms with E-state index < -0.39 is 0 Å². The summed E-state index contributed by atoms with van der Waals surface area (Å²) in [6.07, 6.45) is 1.68. The molecule has 6 nitrogen and oxygen atoms in total. The number of thiazole rings is 1. The Morgan fingerprint density at radius 3 is 2.62 bits per heavy atom. The number of benzene rings is 1. The van der Waals surface area contributed by atoms with Crippen LogP contribution in [0.3, 0.4) is 0 Å². The molecule has 0 radical (unpaired) electrons. The minimum Gasteiger partial charge on any atom is -0.497 e. The maximum atomic E-state index is 12.9. The predicted molar refractivity (Wildman–Crippen MR) is 95.7 cm³/mol. The van der Waals surface area contributed by atoms with Crippen LogP contribution in [0.4, 0.5) is 5.13 Å². The molecule has 2 aromatic rings. The molecule has 0 spiro atoms. The van der Waals surface area contributed by atoms with Crippen molar-refractivity contribution in [3.63, 3.8) is 0 Å². The molecule has 2 atom stereocenters. The second-order valence-corrected chi connectivity index (χ2v) is 6.44. The fourth-order valence-electron chi connectivity index (χ4n) is 2.21. The van der Waals surface area contributed by atoms with E-state index >= 15 is 0 Å². The van der Waals surface area contributed by atoms with Crippen molar-refractivity contribution < 1.29 is 14.3 Å². The van der Waals surface area contributed by atoms with E-state index in [4.69, 9.17) is 15.2 Å². The van der Waals surface area contributed by atoms with Crippen molar-refractivity contribution in [2.75, 3.05) is 19.1 Å². The number of nitrogens with zero attached hydrogens (tertiary/aromatic N) is 2. The van der Waals surface area contributed by atoms with Gasteiger partial charge in [-0.3, -0.25) is 9.69 Å². The van der Waals surface area contributed by atoms with E-state index in [0.29, 0.717) is 23.2 Å². The van der Waals surface area contributed by atoms with Gasteiger partial charge in [-0.15, -0.1) is 11.3 Å². The molecule has 24 heavy (non-hydrogen) atoms. The number of anilines is 1. The summed E-state index contributed by atoms with van der Waals surface area (Å²) in [6, 6.07) is 5.30. The monoisotopic (exact) mass is 349 g/mol. The summed E-state index contributed by atoms with van der Waals surface area (Å²) in [7, 11) is 3.20. The summed E-state index contributed by atoms with van der Waals surface area (Å²) in [5.74, 6) is 1.000. The van der Waals surface area contributed by atoms with E-state index in [1.54, 1.807) is 31.4 Å². The number of hydrogen-bond donors (Lipinski definition) is 1. The number of rotatable bonds is 7. The fourth-order valence-corrected chi connectivity index (χ4v) is 2.86. The molecule has 130 valence electrons. The molecular formula is C17H23N3O3S. The van der Waals surface area contributed by atoms with E-state index in [-0.39, 0.29) is 17.9 Å². The molecule has 2 N–H and O–H groups in total. The van der Waals surface area contributed by atoms with E-state index in [2.05, 4.69) is 4.98 Å². The smallest absolute Gasteiger partial charge is 0.233 e. The van der Waals surface area contributed by atoms with E-state index in [1.165, 1.54) is 11.3 Å². The lowest BCUT2D eigenvalue weighted by molar-refractivity contribution is -0.122. The van der Waals surface area contributed by atoms with Crippen LogP contribution in [0.1, 0.15) is 19.4 Å². The highest BCUT2D eigenvalue weighted by Crippen LogP contribution is 2.29. The largest absolute Gasteiger partial charge is 0.497 e. The van der Waals surface area contributed by atoms with Crippen molar-refractivity contribution in [1.29, 1.82) is 0 Å². The first-order chi connectivity index (χ1) is 11.5. The Morgan fingerprint density at radius 2 is 2.08 bits per heavy atom. The molecule has 1 amide bonds. The predicted octanol–water partition coefficient (Wildman–Crippen LogP) is 2.68. The van der Waals surface area contributed by atoms with Gasteiger partial charge in [0.15, 0.2) is 5.13 Å². The molecule has 0 bridgehead atoms. The number of nitrogens with two attached hydrogens (primary N) is 1. The van der Waals surface area contributed by atoms with Crippen LogP contribution in [0.25, 0.3) is 0 Å². The summed E-state index contributed by atoms with van der Waals surface area (Å²) in [4.78, 5) is 18.8. The number of methoxy groups -OCH3 is 2. The summed E-state index contributed by atoms with van der Waals surface area (Å²) in [5, 5.41) is 2.49. The van der Waals surface area contributed by atoms with Gasteiger partial charge in [0.05, 0.1) is 26.7 Å². The van der Waals surface area contributed by atoms with Crippen molar-refractivity contribution >= 4 is 22.4 Å². The number of hydrogen-bond acceptors (Lipinski definition) is 6. The van der Waals surface area contributed by atoms with Crippen LogP contribution in [0.5, 0.6) is 11.5 Å². The fraction of sp³-hybridized carbons (Fsp3) is 0.412. The first kappa shape index (κ1) is 18.2. The Balaban J connectivity index is 2.34. The SMILES string of the molecule is COc1ccc(CN(C(=O)C(C)C(C)N)c2nccs2)c(OC)c1. The number of amides is 1. The molecule has 0 aliphatic heterocycles. The van der Waals surface area contributed by atoms with Crippen molar-refractivity contribution in [1.82, 2.24) is 4.98 Å². The van der Waals surface area contributed by atoms with Crippen LogP contribution >= 0.6 is 11.3 Å². The van der Waals surface area contributed by atoms with Gasteiger partial charge in [0.2, 0.25) is 5.91 Å². The second-order valence-electron chi connectivity index (χ2n) is 5.56. The number of ether oxygens (including phenoxy) is 2. The highest BCUT2D eigenvalue weighted by atomic mass is 32.1. The maximum Gasteiger partial charge on any atom is 0.233 e. The third-order valence-electron chi connectivity index (χ3n) is 3.92. The molecule has 1 heterocycles. The molecule has 0 fully saturated rings. The first-order valence-electron chi connectivity index (χ1n) is 7.65. The Kier molecular flexibility index (Phi) is 6.16. The lowest BCUT2D eigenvalue weighted by Crippen LogP contribution is -2.41. The van der Waals surface area contributed by atoms with Gasteiger partial charge in [-0.2, -0.15) is 0 Å². The minimum absolute atomic E-state index is 0.0576. The maximum absolute atomic E-state index is 12.9. The molecule has 2 rings (SSSR count). The van der Waals surface area contributed by atoms with Gasteiger partial charge in [0, 0.05) is 29.2 Å². The van der Waals surface area contributed by atoms with Gasteiger partial charge in [-0.05, 0) is 19.1 Å². The van der Waals surface area contributed by atoms with Crippen LogP contribution < -0.4 is 20.1 Å². The summed E-state index contributed by atoms with van der Waals surface area (Å²) >= 11 is 1.42. The molecule has 0 aliphatic rings. The second kappa shape index (κ2) is 8.12. The minimum atomic E-state index is -0.307. The Hall–Kier alpha value is -2.12. The van der Waals surface area contributed by atoms with Gasteiger partial charge in [-0.1, -0.05) is 6.92 Å². The van der Waals surface area contributed by atoms with Crippen LogP contribution in [-0.4, -0.2) is 31.2 Å². The van der Waals surface area contributed by atoms with Crippen LogP contribution in [0, 0.1) is 5.92 Å². The average molecular weight is 349 g/mol. The van der Waals surface area contributed by atoms with E-state index in [0.717, 1.165) is 5.56 Å². The highest BCUT2D eigenvalue weighted by molar-refractivity contribution is 7.13. The van der Waals surface area contributed by atoms with E-state index in [9.17, 15) is 4.79 Å². The molecule has 0 saturated heterocycles. The lowest BCUT2D eigenvalue weighted by atomic mass is 10.0. The van der Waals surface area contributed by atoms with Crippen molar-refractivity contribution in [3.05, 3.63) is 35.3 Å². The van der Waals surface area contributed by atoms with Gasteiger partial charge < -0.3 is 15.2 Å². The standard InChI is InChI=1S/C17H23N3O3S/c1-11(12(2)18)16(21)20(17-19-7-8-24-17)10-13-5-6-14(22-3)9-15(13)23-4/h5-9,11-12H,10,18H2,1-4H3. The Bertz CT molecular complexity index is 674. The summed E-state index contributed by atoms with van der Waals surface area (Å²) in [5.41, 5.74) is 6.78. The lowest BCUT2D eigenvalue weighted by Gasteiger charge is -2.26. The van der Waals surface area contributed by atoms with Crippen molar-refractivity contribution in [2.24, 2.45) is 11.7 Å². The number of aromatic nitrogens is 1. The summed E-state index contributed by atoms with van der Waals surface area (Å²) < 4.78 is 10.7. The molecule has 1 aromatic carbocycles. The molecular weight excluding hydrogens is 326 g/mol. The molecule has 7 heteroatoms. The van der Waals surface area contributed by atoms with Gasteiger partial charge in [-0.25, -0.2) is 4.98 Å². The van der Waals surface area contributed by atoms with Gasteiger partial charge in [0.25, 0.3) is 0 Å². The van der Waals surface area contributed by atoms with Crippen molar-refractivity contribution in [2.45, 2.75) is 26.4 Å². The third kappa shape index (κ3) is 4.04.